The molecule has 3 atom stereocenters. The van der Waals surface area contributed by atoms with Crippen LogP contribution in [0.4, 0.5) is 4.39 Å². The third kappa shape index (κ3) is 3.48. The molecule has 5 heteroatoms. The summed E-state index contributed by atoms with van der Waals surface area (Å²) in [4.78, 5) is 16.7. The van der Waals surface area contributed by atoms with Gasteiger partial charge in [0.05, 0.1) is 25.2 Å². The first-order chi connectivity index (χ1) is 13.6. The summed E-state index contributed by atoms with van der Waals surface area (Å²) in [5.41, 5.74) is 3.29. The molecule has 1 N–H and O–H groups in total. The molecule has 0 unspecified atom stereocenters. The molecule has 2 fully saturated rings. The van der Waals surface area contributed by atoms with Crippen molar-refractivity contribution in [2.24, 2.45) is 0 Å². The zero-order valence-electron chi connectivity index (χ0n) is 16.0. The summed E-state index contributed by atoms with van der Waals surface area (Å²) < 4.78 is 13.1. The SMILES string of the molecule is CC=Cc1ccc([C@H]2[C@@H](CO)N3C(=O)CN(Cc4ccc(F)cc4)C[C@H]23)cc1. The molecule has 4 nitrogen and oxygen atoms in total. The number of aliphatic hydroxyl groups is 1. The molecular formula is C23H25FN2O2. The van der Waals surface area contributed by atoms with Crippen molar-refractivity contribution in [3.8, 4) is 0 Å². The van der Waals surface area contributed by atoms with Gasteiger partial charge in [-0.2, -0.15) is 0 Å². The Bertz CT molecular complexity index is 863. The molecule has 0 radical (unpaired) electrons. The summed E-state index contributed by atoms with van der Waals surface area (Å²) in [7, 11) is 0. The highest BCUT2D eigenvalue weighted by molar-refractivity contribution is 5.81. The maximum atomic E-state index is 13.1. The number of benzene rings is 2. The molecule has 2 heterocycles. The van der Waals surface area contributed by atoms with Gasteiger partial charge in [0.2, 0.25) is 5.91 Å². The second-order valence-corrected chi connectivity index (χ2v) is 7.61. The van der Waals surface area contributed by atoms with Crippen molar-refractivity contribution in [1.82, 2.24) is 9.80 Å². The summed E-state index contributed by atoms with van der Waals surface area (Å²) >= 11 is 0. The predicted octanol–water partition coefficient (Wildman–Crippen LogP) is 3.03. The molecule has 28 heavy (non-hydrogen) atoms. The van der Waals surface area contributed by atoms with E-state index in [1.165, 1.54) is 12.1 Å². The van der Waals surface area contributed by atoms with Gasteiger partial charge in [-0.15, -0.1) is 0 Å². The molecule has 1 amide bonds. The normalized spacial score (nSPS) is 25.0. The maximum absolute atomic E-state index is 13.1. The Morgan fingerprint density at radius 1 is 1.14 bits per heavy atom. The number of nitrogens with zero attached hydrogens (tertiary/aromatic N) is 2. The van der Waals surface area contributed by atoms with E-state index in [1.54, 1.807) is 12.1 Å². The van der Waals surface area contributed by atoms with E-state index in [0.29, 0.717) is 13.1 Å². The topological polar surface area (TPSA) is 43.8 Å². The molecule has 2 aliphatic heterocycles. The van der Waals surface area contributed by atoms with Crippen molar-refractivity contribution >= 4 is 12.0 Å². The number of hydrogen-bond acceptors (Lipinski definition) is 3. The highest BCUT2D eigenvalue weighted by Gasteiger charge is 2.53. The molecule has 0 bridgehead atoms. The number of aliphatic hydroxyl groups excluding tert-OH is 1. The van der Waals surface area contributed by atoms with Gasteiger partial charge < -0.3 is 10.0 Å². The maximum Gasteiger partial charge on any atom is 0.237 e. The van der Waals surface area contributed by atoms with Gasteiger partial charge in [0.1, 0.15) is 5.82 Å². The number of piperazine rings is 1. The van der Waals surface area contributed by atoms with Crippen molar-refractivity contribution in [2.75, 3.05) is 19.7 Å². The average molecular weight is 380 g/mol. The average Bonchev–Trinajstić information content (AvgIpc) is 2.67. The van der Waals surface area contributed by atoms with Crippen LogP contribution in [0, 0.1) is 5.82 Å². The van der Waals surface area contributed by atoms with Gasteiger partial charge in [-0.1, -0.05) is 48.6 Å². The number of amides is 1. The Labute approximate surface area is 164 Å². The van der Waals surface area contributed by atoms with Crippen LogP contribution in [0.5, 0.6) is 0 Å². The smallest absolute Gasteiger partial charge is 0.237 e. The Balaban J connectivity index is 1.52. The zero-order valence-corrected chi connectivity index (χ0v) is 16.0. The van der Waals surface area contributed by atoms with Crippen LogP contribution in [-0.4, -0.2) is 52.6 Å². The fourth-order valence-corrected chi connectivity index (χ4v) is 4.56. The van der Waals surface area contributed by atoms with Crippen LogP contribution in [0.2, 0.25) is 0 Å². The van der Waals surface area contributed by atoms with E-state index in [4.69, 9.17) is 0 Å². The third-order valence-electron chi connectivity index (χ3n) is 5.82. The minimum absolute atomic E-state index is 0.0263. The van der Waals surface area contributed by atoms with E-state index in [9.17, 15) is 14.3 Å². The van der Waals surface area contributed by atoms with Gasteiger partial charge in [-0.3, -0.25) is 9.69 Å². The molecule has 0 aromatic heterocycles. The number of fused-ring (bicyclic) bond motifs is 1. The predicted molar refractivity (Wildman–Crippen MR) is 107 cm³/mol. The highest BCUT2D eigenvalue weighted by Crippen LogP contribution is 2.43. The van der Waals surface area contributed by atoms with Crippen LogP contribution < -0.4 is 0 Å². The first kappa shape index (κ1) is 18.8. The van der Waals surface area contributed by atoms with E-state index >= 15 is 0 Å². The van der Waals surface area contributed by atoms with E-state index in [2.05, 4.69) is 35.2 Å². The lowest BCUT2D eigenvalue weighted by Gasteiger charge is -2.59. The molecule has 0 aliphatic carbocycles. The Hall–Kier alpha value is -2.50. The Morgan fingerprint density at radius 3 is 2.50 bits per heavy atom. The van der Waals surface area contributed by atoms with Crippen LogP contribution in [0.1, 0.15) is 29.5 Å². The first-order valence-electron chi connectivity index (χ1n) is 9.72. The Morgan fingerprint density at radius 2 is 1.86 bits per heavy atom. The van der Waals surface area contributed by atoms with Crippen molar-refractivity contribution in [1.29, 1.82) is 0 Å². The van der Waals surface area contributed by atoms with Gasteiger partial charge in [0.25, 0.3) is 0 Å². The van der Waals surface area contributed by atoms with Gasteiger partial charge >= 0.3 is 0 Å². The molecule has 2 aliphatic rings. The monoisotopic (exact) mass is 380 g/mol. The summed E-state index contributed by atoms with van der Waals surface area (Å²) in [6, 6.07) is 14.7. The minimum atomic E-state index is -0.254. The van der Waals surface area contributed by atoms with E-state index in [-0.39, 0.29) is 36.3 Å². The quantitative estimate of drug-likeness (QED) is 0.867. The second-order valence-electron chi connectivity index (χ2n) is 7.61. The van der Waals surface area contributed by atoms with Crippen LogP contribution in [-0.2, 0) is 11.3 Å². The summed E-state index contributed by atoms with van der Waals surface area (Å²) in [6.07, 6.45) is 4.05. The van der Waals surface area contributed by atoms with Crippen LogP contribution in [0.15, 0.2) is 54.6 Å². The molecule has 4 rings (SSSR count). The molecule has 2 saturated heterocycles. The van der Waals surface area contributed by atoms with Gasteiger partial charge in [-0.05, 0) is 35.7 Å². The lowest BCUT2D eigenvalue weighted by molar-refractivity contribution is -0.162. The molecular weight excluding hydrogens is 355 g/mol. The lowest BCUT2D eigenvalue weighted by atomic mass is 9.73. The minimum Gasteiger partial charge on any atom is -0.394 e. The van der Waals surface area contributed by atoms with E-state index in [0.717, 1.165) is 23.2 Å². The van der Waals surface area contributed by atoms with Crippen molar-refractivity contribution < 1.29 is 14.3 Å². The molecule has 146 valence electrons. The van der Waals surface area contributed by atoms with Crippen LogP contribution in [0.25, 0.3) is 6.08 Å². The lowest BCUT2D eigenvalue weighted by Crippen LogP contribution is -2.72. The second kappa shape index (κ2) is 7.86. The zero-order chi connectivity index (χ0) is 19.7. The fraction of sp³-hybridized carbons (Fsp3) is 0.348. The number of halogens is 1. The summed E-state index contributed by atoms with van der Waals surface area (Å²) in [5, 5.41) is 9.89. The molecule has 2 aromatic carbocycles. The standard InChI is InChI=1S/C23H25FN2O2/c1-2-3-16-4-8-18(9-5-16)23-20-13-25(12-17-6-10-19(24)11-7-17)14-22(28)26(20)21(23)15-27/h2-11,20-21,23,27H,12-15H2,1H3/t20-,21-,23-/m1/s1. The number of carbonyl (C=O) groups is 1. The molecule has 0 saturated carbocycles. The van der Waals surface area contributed by atoms with Crippen LogP contribution >= 0.6 is 0 Å². The highest BCUT2D eigenvalue weighted by atomic mass is 19.1. The molecule has 2 aromatic rings. The van der Waals surface area contributed by atoms with Crippen molar-refractivity contribution in [2.45, 2.75) is 31.5 Å². The number of hydrogen-bond donors (Lipinski definition) is 1. The van der Waals surface area contributed by atoms with Gasteiger partial charge in [0.15, 0.2) is 0 Å². The van der Waals surface area contributed by atoms with Crippen LogP contribution in [0.3, 0.4) is 0 Å². The number of carbonyl (C=O) groups excluding carboxylic acids is 1. The van der Waals surface area contributed by atoms with Crippen molar-refractivity contribution in [3.63, 3.8) is 0 Å². The third-order valence-corrected chi connectivity index (χ3v) is 5.82. The fourth-order valence-electron chi connectivity index (χ4n) is 4.56. The number of rotatable bonds is 5. The van der Waals surface area contributed by atoms with E-state index in [1.807, 2.05) is 17.9 Å². The van der Waals surface area contributed by atoms with Gasteiger partial charge in [0, 0.05) is 19.0 Å². The summed E-state index contributed by atoms with van der Waals surface area (Å²) in [5.74, 6) is -0.0697. The number of allylic oxidation sites excluding steroid dienone is 1. The first-order valence-corrected chi connectivity index (χ1v) is 9.72. The summed E-state index contributed by atoms with van der Waals surface area (Å²) in [6.45, 7) is 3.66. The largest absolute Gasteiger partial charge is 0.394 e. The molecule has 0 spiro atoms. The van der Waals surface area contributed by atoms with E-state index < -0.39 is 0 Å². The van der Waals surface area contributed by atoms with Gasteiger partial charge in [-0.25, -0.2) is 4.39 Å². The Kier molecular flexibility index (Phi) is 5.29. The van der Waals surface area contributed by atoms with Crippen molar-refractivity contribution in [3.05, 3.63) is 77.1 Å².